The lowest BCUT2D eigenvalue weighted by atomic mass is 9.84. The molecule has 31 heavy (non-hydrogen) atoms. The van der Waals surface area contributed by atoms with Gasteiger partial charge in [0, 0.05) is 31.2 Å². The van der Waals surface area contributed by atoms with Crippen molar-refractivity contribution in [2.75, 3.05) is 40.6 Å². The third kappa shape index (κ3) is 7.31. The molecule has 0 aromatic heterocycles. The summed E-state index contributed by atoms with van der Waals surface area (Å²) in [7, 11) is 3.22. The maximum Gasteiger partial charge on any atom is 0.186 e. The van der Waals surface area contributed by atoms with Gasteiger partial charge in [-0.2, -0.15) is 0 Å². The Kier molecular flexibility index (Phi) is 9.49. The SMILES string of the molecule is COCCOc1ccc(PC(=O)c2c(C)cc(C(C)(C)C)cc2C)c(OCCOC)c1. The molecule has 0 aliphatic carbocycles. The van der Waals surface area contributed by atoms with Gasteiger partial charge in [-0.3, -0.25) is 4.79 Å². The fraction of sp³-hybridized carbons (Fsp3) is 0.480. The van der Waals surface area contributed by atoms with Crippen LogP contribution in [0.3, 0.4) is 0 Å². The molecule has 0 bridgehead atoms. The first-order valence-electron chi connectivity index (χ1n) is 10.5. The summed E-state index contributed by atoms with van der Waals surface area (Å²) in [6.45, 7) is 12.4. The first-order valence-corrected chi connectivity index (χ1v) is 11.5. The highest BCUT2D eigenvalue weighted by molar-refractivity contribution is 7.66. The summed E-state index contributed by atoms with van der Waals surface area (Å²) in [6.07, 6.45) is 0. The minimum atomic E-state index is -0.0435. The Morgan fingerprint density at radius 1 is 0.871 bits per heavy atom. The molecule has 2 rings (SSSR count). The predicted octanol–water partition coefficient (Wildman–Crippen LogP) is 4.80. The first kappa shape index (κ1) is 25.3. The van der Waals surface area contributed by atoms with E-state index in [9.17, 15) is 4.79 Å². The molecule has 0 spiro atoms. The topological polar surface area (TPSA) is 54.0 Å². The molecule has 0 saturated heterocycles. The van der Waals surface area contributed by atoms with Crippen molar-refractivity contribution in [3.8, 4) is 11.5 Å². The van der Waals surface area contributed by atoms with Gasteiger partial charge in [0.25, 0.3) is 0 Å². The number of hydrogen-bond donors (Lipinski definition) is 0. The minimum absolute atomic E-state index is 0.0421. The van der Waals surface area contributed by atoms with E-state index in [1.807, 2.05) is 32.0 Å². The van der Waals surface area contributed by atoms with Gasteiger partial charge >= 0.3 is 0 Å². The lowest BCUT2D eigenvalue weighted by Gasteiger charge is -2.22. The fourth-order valence-electron chi connectivity index (χ4n) is 3.23. The average molecular weight is 447 g/mol. The van der Waals surface area contributed by atoms with E-state index < -0.39 is 0 Å². The molecule has 6 heteroatoms. The Hall–Kier alpha value is -1.94. The van der Waals surface area contributed by atoms with Gasteiger partial charge in [-0.05, 0) is 56.7 Å². The van der Waals surface area contributed by atoms with Crippen LogP contribution in [0.1, 0.15) is 47.8 Å². The Balaban J connectivity index is 2.28. The lowest BCUT2D eigenvalue weighted by Crippen LogP contribution is -2.15. The molecule has 0 radical (unpaired) electrons. The maximum atomic E-state index is 13.3. The van der Waals surface area contributed by atoms with Crippen LogP contribution in [0.15, 0.2) is 30.3 Å². The van der Waals surface area contributed by atoms with Crippen LogP contribution in [0.4, 0.5) is 0 Å². The summed E-state index contributed by atoms with van der Waals surface area (Å²) in [5.41, 5.74) is 4.23. The molecule has 0 amide bonds. The molecule has 0 aliphatic rings. The fourth-order valence-corrected chi connectivity index (χ4v) is 4.43. The van der Waals surface area contributed by atoms with E-state index in [4.69, 9.17) is 18.9 Å². The summed E-state index contributed by atoms with van der Waals surface area (Å²) in [4.78, 5) is 13.3. The zero-order valence-corrected chi connectivity index (χ0v) is 20.8. The van der Waals surface area contributed by atoms with Crippen molar-refractivity contribution >= 4 is 19.4 Å². The largest absolute Gasteiger partial charge is 0.491 e. The summed E-state index contributed by atoms with van der Waals surface area (Å²) >= 11 is 0. The van der Waals surface area contributed by atoms with Crippen LogP contribution in [-0.2, 0) is 14.9 Å². The van der Waals surface area contributed by atoms with E-state index in [0.29, 0.717) is 37.9 Å². The summed E-state index contributed by atoms with van der Waals surface area (Å²) in [5, 5.41) is 0.860. The Morgan fingerprint density at radius 3 is 2.00 bits per heavy atom. The number of carbonyl (C=O) groups excluding carboxylic acids is 1. The highest BCUT2D eigenvalue weighted by atomic mass is 31.1. The van der Waals surface area contributed by atoms with Crippen LogP contribution in [0.2, 0.25) is 0 Å². The molecule has 1 atom stereocenters. The smallest absolute Gasteiger partial charge is 0.186 e. The molecule has 2 aromatic rings. The summed E-state index contributed by atoms with van der Waals surface area (Å²) in [6, 6.07) is 9.88. The Labute approximate surface area is 188 Å². The van der Waals surface area contributed by atoms with E-state index in [0.717, 1.165) is 22.0 Å². The standard InChI is InChI=1S/C25H35O5P/c1-17-14-19(25(3,4)5)15-18(2)23(17)24(26)31-22-9-8-20(29-12-10-27-6)16-21(22)30-13-11-28-7/h8-9,14-16,31H,10-13H2,1-7H3. The Morgan fingerprint density at radius 2 is 1.45 bits per heavy atom. The van der Waals surface area contributed by atoms with Crippen molar-refractivity contribution in [2.24, 2.45) is 0 Å². The monoisotopic (exact) mass is 446 g/mol. The molecule has 0 aliphatic heterocycles. The van der Waals surface area contributed by atoms with Gasteiger partial charge < -0.3 is 18.9 Å². The van der Waals surface area contributed by atoms with Gasteiger partial charge in [-0.1, -0.05) is 32.9 Å². The second-order valence-corrected chi connectivity index (χ2v) is 9.77. The van der Waals surface area contributed by atoms with Crippen molar-refractivity contribution in [1.82, 2.24) is 0 Å². The number of ether oxygens (including phenoxy) is 4. The van der Waals surface area contributed by atoms with Crippen LogP contribution < -0.4 is 14.8 Å². The van der Waals surface area contributed by atoms with E-state index in [2.05, 4.69) is 32.9 Å². The number of aryl methyl sites for hydroxylation is 2. The van der Waals surface area contributed by atoms with Gasteiger partial charge in [0.2, 0.25) is 0 Å². The van der Waals surface area contributed by atoms with Crippen LogP contribution in [-0.4, -0.2) is 46.2 Å². The molecule has 1 unspecified atom stereocenters. The molecule has 0 N–H and O–H groups in total. The first-order chi connectivity index (χ1) is 14.7. The second kappa shape index (κ2) is 11.6. The van der Waals surface area contributed by atoms with Crippen LogP contribution in [0.5, 0.6) is 11.5 Å². The van der Waals surface area contributed by atoms with Crippen molar-refractivity contribution in [3.63, 3.8) is 0 Å². The van der Waals surface area contributed by atoms with Gasteiger partial charge in [-0.15, -0.1) is 0 Å². The molecule has 0 fully saturated rings. The molecular formula is C25H35O5P. The molecular weight excluding hydrogens is 411 g/mol. The van der Waals surface area contributed by atoms with Crippen molar-refractivity contribution in [3.05, 3.63) is 52.6 Å². The highest BCUT2D eigenvalue weighted by Gasteiger charge is 2.20. The van der Waals surface area contributed by atoms with E-state index >= 15 is 0 Å². The van der Waals surface area contributed by atoms with Crippen molar-refractivity contribution in [2.45, 2.75) is 40.0 Å². The number of benzene rings is 2. The second-order valence-electron chi connectivity index (χ2n) is 8.53. The minimum Gasteiger partial charge on any atom is -0.491 e. The van der Waals surface area contributed by atoms with E-state index in [1.165, 1.54) is 5.56 Å². The normalized spacial score (nSPS) is 11.8. The molecule has 5 nitrogen and oxygen atoms in total. The zero-order valence-electron chi connectivity index (χ0n) is 19.8. The van der Waals surface area contributed by atoms with E-state index in [-0.39, 0.29) is 19.5 Å². The van der Waals surface area contributed by atoms with Gasteiger partial charge in [0.05, 0.1) is 13.2 Å². The number of rotatable bonds is 11. The van der Waals surface area contributed by atoms with E-state index in [1.54, 1.807) is 14.2 Å². The third-order valence-electron chi connectivity index (χ3n) is 4.93. The van der Waals surface area contributed by atoms with Crippen LogP contribution >= 0.6 is 8.58 Å². The van der Waals surface area contributed by atoms with Crippen LogP contribution in [0, 0.1) is 13.8 Å². The average Bonchev–Trinajstić information content (AvgIpc) is 2.69. The number of carbonyl (C=O) groups is 1. The molecule has 0 saturated carbocycles. The highest BCUT2D eigenvalue weighted by Crippen LogP contribution is 2.32. The van der Waals surface area contributed by atoms with Crippen molar-refractivity contribution in [1.29, 1.82) is 0 Å². The quantitative estimate of drug-likeness (QED) is 0.367. The molecule has 0 heterocycles. The van der Waals surface area contributed by atoms with Gasteiger partial charge in [0.15, 0.2) is 5.52 Å². The lowest BCUT2D eigenvalue weighted by molar-refractivity contribution is 0.108. The number of hydrogen-bond acceptors (Lipinski definition) is 5. The van der Waals surface area contributed by atoms with Gasteiger partial charge in [0.1, 0.15) is 24.7 Å². The number of methoxy groups -OCH3 is 2. The maximum absolute atomic E-state index is 13.3. The zero-order chi connectivity index (χ0) is 23.0. The van der Waals surface area contributed by atoms with Crippen molar-refractivity contribution < 1.29 is 23.7 Å². The summed E-state index contributed by atoms with van der Waals surface area (Å²) in [5.74, 6) is 1.34. The summed E-state index contributed by atoms with van der Waals surface area (Å²) < 4.78 is 21.7. The van der Waals surface area contributed by atoms with Crippen LogP contribution in [0.25, 0.3) is 0 Å². The predicted molar refractivity (Wildman–Crippen MR) is 128 cm³/mol. The van der Waals surface area contributed by atoms with Gasteiger partial charge in [-0.25, -0.2) is 0 Å². The Bertz CT molecular complexity index is 863. The molecule has 2 aromatic carbocycles. The third-order valence-corrected chi connectivity index (χ3v) is 6.09. The molecule has 170 valence electrons.